The summed E-state index contributed by atoms with van der Waals surface area (Å²) in [5, 5.41) is 14.6. The van der Waals surface area contributed by atoms with Crippen LogP contribution in [0.15, 0.2) is 48.9 Å². The van der Waals surface area contributed by atoms with E-state index in [9.17, 15) is 4.79 Å². The molecule has 0 atom stereocenters. The van der Waals surface area contributed by atoms with Gasteiger partial charge in [-0.05, 0) is 30.3 Å². The summed E-state index contributed by atoms with van der Waals surface area (Å²) in [5.41, 5.74) is 2.02. The van der Waals surface area contributed by atoms with Crippen LogP contribution in [0.1, 0.15) is 5.69 Å². The molecule has 0 radical (unpaired) electrons. The molecule has 0 saturated heterocycles. The number of anilines is 2. The van der Waals surface area contributed by atoms with Gasteiger partial charge in [0.2, 0.25) is 5.95 Å². The lowest BCUT2D eigenvalue weighted by Crippen LogP contribution is -2.20. The van der Waals surface area contributed by atoms with E-state index in [0.717, 1.165) is 5.69 Å². The van der Waals surface area contributed by atoms with Gasteiger partial charge >= 0.3 is 6.09 Å². The second-order valence-corrected chi connectivity index (χ2v) is 5.40. The maximum absolute atomic E-state index is 10.6. The molecule has 25 heavy (non-hydrogen) atoms. The molecule has 1 aromatic carbocycles. The molecule has 0 unspecified atom stereocenters. The summed E-state index contributed by atoms with van der Waals surface area (Å²) in [5.74, 6) is 0.813. The lowest BCUT2D eigenvalue weighted by atomic mass is 10.2. The number of benzene rings is 1. The maximum atomic E-state index is 10.6. The molecule has 0 spiro atoms. The Kier molecular flexibility index (Phi) is 5.00. The molecule has 3 aromatic rings. The summed E-state index contributed by atoms with van der Waals surface area (Å²) >= 11 is 5.96. The molecular weight excluding hydrogens is 344 g/mol. The fourth-order valence-electron chi connectivity index (χ4n) is 2.07. The van der Waals surface area contributed by atoms with E-state index in [1.165, 1.54) is 6.33 Å². The highest BCUT2D eigenvalue weighted by atomic mass is 35.5. The fourth-order valence-corrected chi connectivity index (χ4v) is 2.26. The van der Waals surface area contributed by atoms with Crippen molar-refractivity contribution in [3.63, 3.8) is 0 Å². The van der Waals surface area contributed by atoms with Gasteiger partial charge in [-0.2, -0.15) is 4.98 Å². The highest BCUT2D eigenvalue weighted by molar-refractivity contribution is 6.30. The molecule has 9 heteroatoms. The predicted molar refractivity (Wildman–Crippen MR) is 92.7 cm³/mol. The number of hydrogen-bond donors (Lipinski definition) is 3. The van der Waals surface area contributed by atoms with E-state index in [-0.39, 0.29) is 6.54 Å². The van der Waals surface area contributed by atoms with E-state index in [0.29, 0.717) is 28.1 Å². The Morgan fingerprint density at radius 1 is 1.16 bits per heavy atom. The zero-order chi connectivity index (χ0) is 17.6. The smallest absolute Gasteiger partial charge is 0.404 e. The van der Waals surface area contributed by atoms with Gasteiger partial charge in [0.15, 0.2) is 5.82 Å². The van der Waals surface area contributed by atoms with E-state index < -0.39 is 6.09 Å². The van der Waals surface area contributed by atoms with Gasteiger partial charge in [-0.3, -0.25) is 4.98 Å². The molecular formula is C16H13ClN6O2. The highest BCUT2D eigenvalue weighted by Gasteiger charge is 2.07. The van der Waals surface area contributed by atoms with Crippen molar-refractivity contribution in [2.45, 2.75) is 6.54 Å². The van der Waals surface area contributed by atoms with Crippen molar-refractivity contribution >= 4 is 29.3 Å². The average molecular weight is 357 g/mol. The number of carboxylic acid groups (broad SMARTS) is 1. The Morgan fingerprint density at radius 2 is 2.04 bits per heavy atom. The van der Waals surface area contributed by atoms with Crippen LogP contribution in [-0.2, 0) is 6.54 Å². The van der Waals surface area contributed by atoms with Crippen molar-refractivity contribution in [1.29, 1.82) is 0 Å². The Hall–Kier alpha value is -3.26. The number of carbonyl (C=O) groups is 1. The van der Waals surface area contributed by atoms with Gasteiger partial charge in [0, 0.05) is 22.5 Å². The third kappa shape index (κ3) is 4.61. The molecule has 2 heterocycles. The summed E-state index contributed by atoms with van der Waals surface area (Å²) in [4.78, 5) is 27.3. The number of aromatic nitrogens is 4. The third-order valence-electron chi connectivity index (χ3n) is 3.15. The number of hydrogen-bond acceptors (Lipinski definition) is 6. The minimum absolute atomic E-state index is 0.0991. The van der Waals surface area contributed by atoms with E-state index in [4.69, 9.17) is 16.7 Å². The van der Waals surface area contributed by atoms with Gasteiger partial charge in [0.05, 0.1) is 12.2 Å². The largest absolute Gasteiger partial charge is 0.465 e. The van der Waals surface area contributed by atoms with Crippen LogP contribution in [0.4, 0.5) is 16.4 Å². The predicted octanol–water partition coefficient (Wildman–Crippen LogP) is 3.10. The number of halogens is 1. The summed E-state index contributed by atoms with van der Waals surface area (Å²) in [7, 11) is 0. The van der Waals surface area contributed by atoms with Gasteiger partial charge in [-0.1, -0.05) is 17.7 Å². The Labute approximate surface area is 148 Å². The van der Waals surface area contributed by atoms with Crippen LogP contribution in [0.2, 0.25) is 5.02 Å². The van der Waals surface area contributed by atoms with Crippen LogP contribution in [0.3, 0.4) is 0 Å². The van der Waals surface area contributed by atoms with Gasteiger partial charge < -0.3 is 15.7 Å². The van der Waals surface area contributed by atoms with Crippen molar-refractivity contribution < 1.29 is 9.90 Å². The molecule has 1 amide bonds. The van der Waals surface area contributed by atoms with E-state index >= 15 is 0 Å². The van der Waals surface area contributed by atoms with E-state index in [1.54, 1.807) is 30.5 Å². The first-order chi connectivity index (χ1) is 12.1. The lowest BCUT2D eigenvalue weighted by Gasteiger charge is -2.07. The zero-order valence-corrected chi connectivity index (χ0v) is 13.6. The number of pyridine rings is 1. The zero-order valence-electron chi connectivity index (χ0n) is 12.8. The Morgan fingerprint density at radius 3 is 2.84 bits per heavy atom. The van der Waals surface area contributed by atoms with E-state index in [2.05, 4.69) is 30.6 Å². The van der Waals surface area contributed by atoms with Crippen LogP contribution in [0, 0.1) is 0 Å². The first kappa shape index (κ1) is 16.6. The van der Waals surface area contributed by atoms with Crippen molar-refractivity contribution in [3.8, 4) is 11.4 Å². The summed E-state index contributed by atoms with van der Waals surface area (Å²) in [6, 6.07) is 10.6. The molecule has 0 saturated carbocycles. The normalized spacial score (nSPS) is 10.3. The lowest BCUT2D eigenvalue weighted by molar-refractivity contribution is 0.194. The molecule has 0 aliphatic rings. The highest BCUT2D eigenvalue weighted by Crippen LogP contribution is 2.20. The SMILES string of the molecule is O=C(O)NCc1cc(-c2ncnc(Nc3cccc(Cl)c3)n2)ccn1. The number of nitrogens with one attached hydrogen (secondary N) is 2. The molecule has 0 bridgehead atoms. The summed E-state index contributed by atoms with van der Waals surface area (Å²) < 4.78 is 0. The summed E-state index contributed by atoms with van der Waals surface area (Å²) in [6.45, 7) is 0.0991. The monoisotopic (exact) mass is 356 g/mol. The Bertz CT molecular complexity index is 905. The minimum Gasteiger partial charge on any atom is -0.465 e. The molecule has 0 aliphatic heterocycles. The first-order valence-corrected chi connectivity index (χ1v) is 7.62. The van der Waals surface area contributed by atoms with Crippen LogP contribution in [-0.4, -0.2) is 31.1 Å². The quantitative estimate of drug-likeness (QED) is 0.643. The molecule has 126 valence electrons. The average Bonchev–Trinajstić information content (AvgIpc) is 2.60. The maximum Gasteiger partial charge on any atom is 0.404 e. The van der Waals surface area contributed by atoms with Crippen LogP contribution in [0.5, 0.6) is 0 Å². The number of nitrogens with zero attached hydrogens (tertiary/aromatic N) is 4. The van der Waals surface area contributed by atoms with Crippen molar-refractivity contribution in [3.05, 3.63) is 59.6 Å². The standard InChI is InChI=1S/C16H13ClN6O2/c17-11-2-1-3-12(7-11)22-15-21-9-20-14(23-15)10-4-5-18-13(6-10)8-19-16(24)25/h1-7,9,19H,8H2,(H,24,25)(H,20,21,22,23). The van der Waals surface area contributed by atoms with Crippen LogP contribution in [0.25, 0.3) is 11.4 Å². The number of amides is 1. The topological polar surface area (TPSA) is 113 Å². The second kappa shape index (κ2) is 7.54. The second-order valence-electron chi connectivity index (χ2n) is 4.96. The fraction of sp³-hybridized carbons (Fsp3) is 0.0625. The molecule has 3 N–H and O–H groups in total. The molecule has 0 fully saturated rings. The van der Waals surface area contributed by atoms with Gasteiger partial charge in [-0.25, -0.2) is 14.8 Å². The minimum atomic E-state index is -1.11. The van der Waals surface area contributed by atoms with Gasteiger partial charge in [0.25, 0.3) is 0 Å². The molecule has 8 nitrogen and oxygen atoms in total. The van der Waals surface area contributed by atoms with Crippen molar-refractivity contribution in [1.82, 2.24) is 25.3 Å². The summed E-state index contributed by atoms with van der Waals surface area (Å²) in [6.07, 6.45) is 1.85. The Balaban J connectivity index is 1.81. The van der Waals surface area contributed by atoms with Crippen LogP contribution >= 0.6 is 11.6 Å². The molecule has 3 rings (SSSR count). The van der Waals surface area contributed by atoms with Crippen molar-refractivity contribution in [2.24, 2.45) is 0 Å². The first-order valence-electron chi connectivity index (χ1n) is 7.24. The van der Waals surface area contributed by atoms with Gasteiger partial charge in [0.1, 0.15) is 6.33 Å². The van der Waals surface area contributed by atoms with Crippen LogP contribution < -0.4 is 10.6 Å². The number of rotatable bonds is 5. The molecule has 0 aliphatic carbocycles. The van der Waals surface area contributed by atoms with Crippen molar-refractivity contribution in [2.75, 3.05) is 5.32 Å². The third-order valence-corrected chi connectivity index (χ3v) is 3.38. The van der Waals surface area contributed by atoms with Gasteiger partial charge in [-0.15, -0.1) is 0 Å². The van der Waals surface area contributed by atoms with E-state index in [1.807, 2.05) is 12.1 Å². The molecule has 2 aromatic heterocycles.